The number of hydrogen-bond donors (Lipinski definition) is 1. The predicted octanol–water partition coefficient (Wildman–Crippen LogP) is 3.71. The Bertz CT molecular complexity index is 821. The Hall–Kier alpha value is -2.66. The summed E-state index contributed by atoms with van der Waals surface area (Å²) < 4.78 is 5.42. The van der Waals surface area contributed by atoms with Gasteiger partial charge in [-0.25, -0.2) is 0 Å². The minimum Gasteiger partial charge on any atom is -0.508 e. The van der Waals surface area contributed by atoms with E-state index in [9.17, 15) is 5.11 Å². The molecule has 1 N–H and O–H groups in total. The van der Waals surface area contributed by atoms with Gasteiger partial charge in [-0.05, 0) is 67.9 Å². The van der Waals surface area contributed by atoms with Crippen molar-refractivity contribution < 1.29 is 9.63 Å². The van der Waals surface area contributed by atoms with Crippen molar-refractivity contribution in [1.29, 1.82) is 0 Å². The van der Waals surface area contributed by atoms with E-state index in [1.807, 2.05) is 12.1 Å². The third-order valence-electron chi connectivity index (χ3n) is 4.33. The van der Waals surface area contributed by atoms with Gasteiger partial charge in [-0.1, -0.05) is 17.3 Å². The SMILES string of the molecule is Oc1ccc(-c2noc(-c3cccc(CN4CCCC4)c3)n2)cc1. The number of aromatic nitrogens is 2. The minimum absolute atomic E-state index is 0.220. The van der Waals surface area contributed by atoms with Crippen LogP contribution in [0.15, 0.2) is 53.1 Å². The Morgan fingerprint density at radius 1 is 1.00 bits per heavy atom. The molecule has 3 aromatic rings. The zero-order valence-electron chi connectivity index (χ0n) is 13.4. The highest BCUT2D eigenvalue weighted by Gasteiger charge is 2.14. The average Bonchev–Trinajstić information content (AvgIpc) is 3.28. The molecule has 2 aromatic carbocycles. The number of phenolic OH excluding ortho intramolecular Hbond substituents is 1. The third kappa shape index (κ3) is 3.16. The molecule has 1 aliphatic heterocycles. The second kappa shape index (κ2) is 6.45. The number of phenols is 1. The summed E-state index contributed by atoms with van der Waals surface area (Å²) in [4.78, 5) is 6.95. The van der Waals surface area contributed by atoms with Crippen LogP contribution in [0.1, 0.15) is 18.4 Å². The standard InChI is InChI=1S/C19H19N3O2/c23-17-8-6-15(7-9-17)18-20-19(24-21-18)16-5-3-4-14(12-16)13-22-10-1-2-11-22/h3-9,12,23H,1-2,10-11,13H2. The highest BCUT2D eigenvalue weighted by Crippen LogP contribution is 2.24. The Kier molecular flexibility index (Phi) is 4.01. The lowest BCUT2D eigenvalue weighted by Gasteiger charge is -2.14. The largest absolute Gasteiger partial charge is 0.508 e. The van der Waals surface area contributed by atoms with Crippen molar-refractivity contribution in [2.75, 3.05) is 13.1 Å². The van der Waals surface area contributed by atoms with Crippen molar-refractivity contribution in [1.82, 2.24) is 15.0 Å². The number of hydrogen-bond acceptors (Lipinski definition) is 5. The Morgan fingerprint density at radius 3 is 2.58 bits per heavy atom. The first-order valence-corrected chi connectivity index (χ1v) is 8.23. The number of benzene rings is 2. The van der Waals surface area contributed by atoms with Gasteiger partial charge in [0.05, 0.1) is 0 Å². The van der Waals surface area contributed by atoms with Gasteiger partial charge in [0.15, 0.2) is 0 Å². The van der Waals surface area contributed by atoms with Crippen LogP contribution >= 0.6 is 0 Å². The average molecular weight is 321 g/mol. The fourth-order valence-corrected chi connectivity index (χ4v) is 3.07. The molecule has 5 heteroatoms. The lowest BCUT2D eigenvalue weighted by atomic mass is 10.1. The minimum atomic E-state index is 0.220. The predicted molar refractivity (Wildman–Crippen MR) is 91.3 cm³/mol. The molecule has 2 heterocycles. The second-order valence-electron chi connectivity index (χ2n) is 6.15. The van der Waals surface area contributed by atoms with Gasteiger partial charge < -0.3 is 9.63 Å². The maximum Gasteiger partial charge on any atom is 0.258 e. The molecule has 122 valence electrons. The molecule has 0 unspecified atom stereocenters. The highest BCUT2D eigenvalue weighted by atomic mass is 16.5. The van der Waals surface area contributed by atoms with Crippen molar-refractivity contribution in [2.45, 2.75) is 19.4 Å². The van der Waals surface area contributed by atoms with Crippen molar-refractivity contribution in [2.24, 2.45) is 0 Å². The quantitative estimate of drug-likeness (QED) is 0.794. The van der Waals surface area contributed by atoms with Crippen molar-refractivity contribution in [3.8, 4) is 28.6 Å². The van der Waals surface area contributed by atoms with E-state index in [1.54, 1.807) is 24.3 Å². The van der Waals surface area contributed by atoms with Gasteiger partial charge in [-0.15, -0.1) is 0 Å². The summed E-state index contributed by atoms with van der Waals surface area (Å²) in [5.74, 6) is 1.26. The number of nitrogens with zero attached hydrogens (tertiary/aromatic N) is 3. The molecular formula is C19H19N3O2. The molecule has 0 amide bonds. The monoisotopic (exact) mass is 321 g/mol. The first-order valence-electron chi connectivity index (χ1n) is 8.23. The van der Waals surface area contributed by atoms with Gasteiger partial charge in [-0.3, -0.25) is 4.90 Å². The van der Waals surface area contributed by atoms with Crippen molar-refractivity contribution in [3.05, 3.63) is 54.1 Å². The van der Waals surface area contributed by atoms with Crippen LogP contribution in [-0.4, -0.2) is 33.2 Å². The van der Waals surface area contributed by atoms with Crippen LogP contribution in [0.4, 0.5) is 0 Å². The summed E-state index contributed by atoms with van der Waals surface area (Å²) in [6, 6.07) is 15.0. The molecule has 4 rings (SSSR count). The van der Waals surface area contributed by atoms with E-state index in [-0.39, 0.29) is 5.75 Å². The Morgan fingerprint density at radius 2 is 1.79 bits per heavy atom. The summed E-state index contributed by atoms with van der Waals surface area (Å²) in [6.45, 7) is 3.32. The molecule has 0 radical (unpaired) electrons. The molecule has 1 aliphatic rings. The molecule has 1 aromatic heterocycles. The Balaban J connectivity index is 1.56. The molecule has 24 heavy (non-hydrogen) atoms. The first-order chi connectivity index (χ1) is 11.8. The van der Waals surface area contributed by atoms with Crippen LogP contribution < -0.4 is 0 Å². The van der Waals surface area contributed by atoms with Crippen LogP contribution in [0.25, 0.3) is 22.8 Å². The topological polar surface area (TPSA) is 62.4 Å². The van der Waals surface area contributed by atoms with E-state index in [0.717, 1.165) is 17.7 Å². The van der Waals surface area contributed by atoms with Gasteiger partial charge in [0.2, 0.25) is 5.82 Å². The second-order valence-corrected chi connectivity index (χ2v) is 6.15. The maximum absolute atomic E-state index is 9.37. The highest BCUT2D eigenvalue weighted by molar-refractivity contribution is 5.60. The summed E-state index contributed by atoms with van der Waals surface area (Å²) in [6.07, 6.45) is 2.58. The Labute approximate surface area is 140 Å². The number of rotatable bonds is 4. The maximum atomic E-state index is 9.37. The van der Waals surface area contributed by atoms with Crippen LogP contribution in [0.5, 0.6) is 5.75 Å². The van der Waals surface area contributed by atoms with E-state index >= 15 is 0 Å². The summed E-state index contributed by atoms with van der Waals surface area (Å²) in [5.41, 5.74) is 3.01. The molecule has 0 atom stereocenters. The zero-order chi connectivity index (χ0) is 16.4. The van der Waals surface area contributed by atoms with E-state index in [1.165, 1.54) is 31.5 Å². The van der Waals surface area contributed by atoms with E-state index in [4.69, 9.17) is 4.52 Å². The van der Waals surface area contributed by atoms with Crippen LogP contribution in [0.3, 0.4) is 0 Å². The lowest BCUT2D eigenvalue weighted by Crippen LogP contribution is -2.18. The van der Waals surface area contributed by atoms with E-state index in [0.29, 0.717) is 11.7 Å². The fourth-order valence-electron chi connectivity index (χ4n) is 3.07. The number of likely N-dealkylation sites (tertiary alicyclic amines) is 1. The summed E-state index contributed by atoms with van der Waals surface area (Å²) >= 11 is 0. The molecule has 0 spiro atoms. The van der Waals surface area contributed by atoms with Gasteiger partial charge in [-0.2, -0.15) is 4.98 Å². The van der Waals surface area contributed by atoms with Crippen molar-refractivity contribution in [3.63, 3.8) is 0 Å². The van der Waals surface area contributed by atoms with Crippen molar-refractivity contribution >= 4 is 0 Å². The normalized spacial score (nSPS) is 15.0. The molecular weight excluding hydrogens is 302 g/mol. The summed E-state index contributed by atoms with van der Waals surface area (Å²) in [5, 5.41) is 13.4. The van der Waals surface area contributed by atoms with E-state index < -0.39 is 0 Å². The van der Waals surface area contributed by atoms with Gasteiger partial charge in [0, 0.05) is 17.7 Å². The van der Waals surface area contributed by atoms with Crippen LogP contribution in [0.2, 0.25) is 0 Å². The lowest BCUT2D eigenvalue weighted by molar-refractivity contribution is 0.331. The number of aromatic hydroxyl groups is 1. The third-order valence-corrected chi connectivity index (χ3v) is 4.33. The zero-order valence-corrected chi connectivity index (χ0v) is 13.4. The van der Waals surface area contributed by atoms with Crippen LogP contribution in [0, 0.1) is 0 Å². The van der Waals surface area contributed by atoms with E-state index in [2.05, 4.69) is 27.2 Å². The molecule has 0 aliphatic carbocycles. The van der Waals surface area contributed by atoms with Gasteiger partial charge >= 0.3 is 0 Å². The smallest absolute Gasteiger partial charge is 0.258 e. The fraction of sp³-hybridized carbons (Fsp3) is 0.263. The molecule has 0 bridgehead atoms. The molecule has 1 saturated heterocycles. The summed E-state index contributed by atoms with van der Waals surface area (Å²) in [7, 11) is 0. The molecule has 5 nitrogen and oxygen atoms in total. The molecule has 1 fully saturated rings. The first kappa shape index (κ1) is 14.9. The van der Waals surface area contributed by atoms with Crippen LogP contribution in [-0.2, 0) is 6.54 Å². The van der Waals surface area contributed by atoms with Gasteiger partial charge in [0.1, 0.15) is 5.75 Å². The van der Waals surface area contributed by atoms with Gasteiger partial charge in [0.25, 0.3) is 5.89 Å². The molecule has 0 saturated carbocycles.